The Balaban J connectivity index is 1.82. The first kappa shape index (κ1) is 14.3. The maximum atomic E-state index is 12.4. The molecule has 0 saturated heterocycles. The van der Waals surface area contributed by atoms with E-state index in [1.54, 1.807) is 0 Å². The molecule has 108 valence electrons. The van der Waals surface area contributed by atoms with Crippen LogP contribution in [0, 0.1) is 6.92 Å². The highest BCUT2D eigenvalue weighted by Crippen LogP contribution is 2.24. The highest BCUT2D eigenvalue weighted by Gasteiger charge is 2.13. The average molecular weight is 345 g/mol. The molecule has 1 aliphatic heterocycles. The van der Waals surface area contributed by atoms with Crippen LogP contribution in [0.15, 0.2) is 40.9 Å². The van der Waals surface area contributed by atoms with Crippen molar-refractivity contribution in [3.8, 4) is 0 Å². The van der Waals surface area contributed by atoms with Crippen molar-refractivity contribution in [3.05, 3.63) is 63.1 Å². The number of rotatable bonds is 2. The molecule has 0 unspecified atom stereocenters. The second kappa shape index (κ2) is 6.00. The zero-order chi connectivity index (χ0) is 14.8. The van der Waals surface area contributed by atoms with E-state index < -0.39 is 0 Å². The van der Waals surface area contributed by atoms with Gasteiger partial charge in [0, 0.05) is 16.6 Å². The molecule has 3 nitrogen and oxygen atoms in total. The molecule has 21 heavy (non-hydrogen) atoms. The fraction of sp³-hybridized carbons (Fsp3) is 0.235. The summed E-state index contributed by atoms with van der Waals surface area (Å²) in [6.45, 7) is 3.87. The van der Waals surface area contributed by atoms with Gasteiger partial charge in [-0.1, -0.05) is 12.1 Å². The maximum absolute atomic E-state index is 12.4. The summed E-state index contributed by atoms with van der Waals surface area (Å²) in [5.74, 6) is -0.0760. The molecule has 0 fully saturated rings. The summed E-state index contributed by atoms with van der Waals surface area (Å²) in [6.07, 6.45) is 1.03. The van der Waals surface area contributed by atoms with Crippen molar-refractivity contribution >= 4 is 27.5 Å². The van der Waals surface area contributed by atoms with Crippen LogP contribution in [-0.2, 0) is 13.0 Å². The van der Waals surface area contributed by atoms with Gasteiger partial charge in [0.05, 0.1) is 5.69 Å². The topological polar surface area (TPSA) is 41.1 Å². The number of aryl methyl sites for hydroxylation is 1. The van der Waals surface area contributed by atoms with E-state index in [4.69, 9.17) is 0 Å². The lowest BCUT2D eigenvalue weighted by Crippen LogP contribution is -2.24. The van der Waals surface area contributed by atoms with Gasteiger partial charge in [-0.25, -0.2) is 0 Å². The molecule has 1 aliphatic rings. The highest BCUT2D eigenvalue weighted by molar-refractivity contribution is 9.10. The monoisotopic (exact) mass is 344 g/mol. The van der Waals surface area contributed by atoms with Crippen LogP contribution in [0.4, 0.5) is 5.69 Å². The van der Waals surface area contributed by atoms with E-state index in [9.17, 15) is 4.79 Å². The van der Waals surface area contributed by atoms with Gasteiger partial charge < -0.3 is 10.6 Å². The number of benzene rings is 2. The van der Waals surface area contributed by atoms with E-state index in [-0.39, 0.29) is 5.91 Å². The Labute approximate surface area is 132 Å². The Hall–Kier alpha value is -1.65. The summed E-state index contributed by atoms with van der Waals surface area (Å²) < 4.78 is 0.899. The van der Waals surface area contributed by atoms with E-state index >= 15 is 0 Å². The summed E-state index contributed by atoms with van der Waals surface area (Å²) >= 11 is 3.48. The van der Waals surface area contributed by atoms with Gasteiger partial charge in [-0.15, -0.1) is 0 Å². The van der Waals surface area contributed by atoms with Crippen LogP contribution in [0.2, 0.25) is 0 Å². The molecule has 0 atom stereocenters. The number of anilines is 1. The van der Waals surface area contributed by atoms with Crippen molar-refractivity contribution in [3.63, 3.8) is 0 Å². The Kier molecular flexibility index (Phi) is 4.08. The maximum Gasteiger partial charge on any atom is 0.255 e. The number of carbonyl (C=O) groups excluding carboxylic acids is 1. The van der Waals surface area contributed by atoms with Crippen LogP contribution in [0.5, 0.6) is 0 Å². The highest BCUT2D eigenvalue weighted by atomic mass is 79.9. The minimum atomic E-state index is -0.0760. The lowest BCUT2D eigenvalue weighted by atomic mass is 9.98. The summed E-state index contributed by atoms with van der Waals surface area (Å²) in [4.78, 5) is 12.4. The van der Waals surface area contributed by atoms with Crippen LogP contribution in [-0.4, -0.2) is 12.5 Å². The normalized spacial score (nSPS) is 13.6. The van der Waals surface area contributed by atoms with Crippen LogP contribution in [0.25, 0.3) is 0 Å². The lowest BCUT2D eigenvalue weighted by molar-refractivity contribution is 0.102. The standard InChI is InChI=1S/C17H17BrN2O/c1-11-2-5-16(15(18)8-11)20-17(21)13-4-3-12-6-7-19-10-14(12)9-13/h2-5,8-9,19H,6-7,10H2,1H3,(H,20,21). The molecule has 0 bridgehead atoms. The quantitative estimate of drug-likeness (QED) is 0.872. The third-order valence-corrected chi connectivity index (χ3v) is 4.38. The molecule has 0 saturated carbocycles. The minimum Gasteiger partial charge on any atom is -0.321 e. The smallest absolute Gasteiger partial charge is 0.255 e. The van der Waals surface area contributed by atoms with E-state index in [1.165, 1.54) is 11.1 Å². The third kappa shape index (κ3) is 3.17. The summed E-state index contributed by atoms with van der Waals surface area (Å²) in [7, 11) is 0. The summed E-state index contributed by atoms with van der Waals surface area (Å²) in [6, 6.07) is 11.8. The number of carbonyl (C=O) groups is 1. The number of amides is 1. The van der Waals surface area contributed by atoms with Crippen molar-refractivity contribution in [2.75, 3.05) is 11.9 Å². The van der Waals surface area contributed by atoms with Gasteiger partial charge in [-0.2, -0.15) is 0 Å². The number of hydrogen-bond acceptors (Lipinski definition) is 2. The van der Waals surface area contributed by atoms with Crippen molar-refractivity contribution in [2.24, 2.45) is 0 Å². The lowest BCUT2D eigenvalue weighted by Gasteiger charge is -2.17. The molecule has 2 aromatic carbocycles. The SMILES string of the molecule is Cc1ccc(NC(=O)c2ccc3c(c2)CNCC3)c(Br)c1. The van der Waals surface area contributed by atoms with Crippen molar-refractivity contribution in [1.29, 1.82) is 0 Å². The summed E-state index contributed by atoms with van der Waals surface area (Å²) in [5, 5.41) is 6.29. The van der Waals surface area contributed by atoms with Crippen molar-refractivity contribution in [1.82, 2.24) is 5.32 Å². The molecule has 1 amide bonds. The van der Waals surface area contributed by atoms with Gasteiger partial charge in [0.1, 0.15) is 0 Å². The van der Waals surface area contributed by atoms with Crippen LogP contribution in [0.1, 0.15) is 27.0 Å². The molecular weight excluding hydrogens is 328 g/mol. The number of nitrogens with one attached hydrogen (secondary N) is 2. The van der Waals surface area contributed by atoms with Crippen molar-refractivity contribution in [2.45, 2.75) is 19.9 Å². The second-order valence-corrected chi connectivity index (χ2v) is 6.20. The number of hydrogen-bond donors (Lipinski definition) is 2. The molecule has 3 rings (SSSR count). The first-order valence-corrected chi connectivity index (χ1v) is 7.83. The van der Waals surface area contributed by atoms with Gasteiger partial charge in [-0.05, 0) is 76.8 Å². The second-order valence-electron chi connectivity index (χ2n) is 5.35. The van der Waals surface area contributed by atoms with E-state index in [0.717, 1.165) is 35.2 Å². The summed E-state index contributed by atoms with van der Waals surface area (Å²) in [5.41, 5.74) is 5.20. The zero-order valence-electron chi connectivity index (χ0n) is 11.9. The van der Waals surface area contributed by atoms with Gasteiger partial charge in [0.25, 0.3) is 5.91 Å². The molecule has 0 radical (unpaired) electrons. The molecule has 2 aromatic rings. The van der Waals surface area contributed by atoms with Crippen LogP contribution >= 0.6 is 15.9 Å². The Bertz CT molecular complexity index is 697. The number of halogens is 1. The predicted molar refractivity (Wildman–Crippen MR) is 88.7 cm³/mol. The Morgan fingerprint density at radius 3 is 2.86 bits per heavy atom. The fourth-order valence-electron chi connectivity index (χ4n) is 2.54. The molecule has 0 spiro atoms. The Morgan fingerprint density at radius 2 is 2.05 bits per heavy atom. The molecule has 0 aliphatic carbocycles. The molecular formula is C17H17BrN2O. The molecule has 1 heterocycles. The van der Waals surface area contributed by atoms with Gasteiger partial charge in [-0.3, -0.25) is 4.79 Å². The number of fused-ring (bicyclic) bond motifs is 1. The van der Waals surface area contributed by atoms with E-state index in [0.29, 0.717) is 5.56 Å². The minimum absolute atomic E-state index is 0.0760. The van der Waals surface area contributed by atoms with E-state index in [2.05, 4.69) is 32.6 Å². The molecule has 4 heteroatoms. The van der Waals surface area contributed by atoms with Gasteiger partial charge >= 0.3 is 0 Å². The predicted octanol–water partition coefficient (Wildman–Crippen LogP) is 3.66. The third-order valence-electron chi connectivity index (χ3n) is 3.73. The van der Waals surface area contributed by atoms with Crippen LogP contribution in [0.3, 0.4) is 0 Å². The molecule has 0 aromatic heterocycles. The van der Waals surface area contributed by atoms with E-state index in [1.807, 2.05) is 37.3 Å². The van der Waals surface area contributed by atoms with Gasteiger partial charge in [0.2, 0.25) is 0 Å². The Morgan fingerprint density at radius 1 is 1.19 bits per heavy atom. The average Bonchev–Trinajstić information content (AvgIpc) is 2.49. The zero-order valence-corrected chi connectivity index (χ0v) is 13.5. The largest absolute Gasteiger partial charge is 0.321 e. The first-order chi connectivity index (χ1) is 10.1. The fourth-order valence-corrected chi connectivity index (χ4v) is 3.13. The first-order valence-electron chi connectivity index (χ1n) is 7.03. The molecule has 2 N–H and O–H groups in total. The van der Waals surface area contributed by atoms with Crippen molar-refractivity contribution < 1.29 is 4.79 Å². The van der Waals surface area contributed by atoms with Crippen LogP contribution < -0.4 is 10.6 Å². The van der Waals surface area contributed by atoms with Gasteiger partial charge in [0.15, 0.2) is 0 Å².